The maximum Gasteiger partial charge on any atom is 0.300 e. The van der Waals surface area contributed by atoms with E-state index in [-0.39, 0.29) is 17.4 Å². The summed E-state index contributed by atoms with van der Waals surface area (Å²) in [5.74, 6) is -0.660. The van der Waals surface area contributed by atoms with Gasteiger partial charge in [0.25, 0.3) is 11.7 Å². The lowest BCUT2D eigenvalue weighted by molar-refractivity contribution is -0.132. The Morgan fingerprint density at radius 3 is 2.18 bits per heavy atom. The average Bonchev–Trinajstić information content (AvgIpc) is 3.09. The van der Waals surface area contributed by atoms with Crippen LogP contribution in [0, 0.1) is 0 Å². The van der Waals surface area contributed by atoms with Crippen molar-refractivity contribution in [1.29, 1.82) is 0 Å². The van der Waals surface area contributed by atoms with Crippen molar-refractivity contribution in [3.05, 3.63) is 95.6 Å². The number of rotatable bonds is 6. The molecule has 1 aliphatic rings. The Morgan fingerprint density at radius 1 is 0.909 bits per heavy atom. The number of aliphatic hydroxyl groups excluding tert-OH is 1. The highest BCUT2D eigenvalue weighted by Crippen LogP contribution is 2.43. The molecule has 0 spiro atoms. The lowest BCUT2D eigenvalue weighted by atomic mass is 9.94. The molecule has 4 rings (SSSR count). The van der Waals surface area contributed by atoms with Crippen molar-refractivity contribution >= 4 is 23.1 Å². The number of hydrogen-bond acceptors (Lipinski definition) is 5. The van der Waals surface area contributed by atoms with E-state index >= 15 is 0 Å². The van der Waals surface area contributed by atoms with Gasteiger partial charge in [0.15, 0.2) is 0 Å². The average molecular weight is 443 g/mol. The predicted octanol–water partition coefficient (Wildman–Crippen LogP) is 5.11. The van der Waals surface area contributed by atoms with Gasteiger partial charge < -0.3 is 14.6 Å². The highest BCUT2D eigenvalue weighted by atomic mass is 16.5. The lowest BCUT2D eigenvalue weighted by Gasteiger charge is -2.25. The number of ketones is 1. The molecule has 168 valence electrons. The van der Waals surface area contributed by atoms with Crippen molar-refractivity contribution in [2.24, 2.45) is 0 Å². The molecule has 1 aliphatic heterocycles. The van der Waals surface area contributed by atoms with E-state index in [2.05, 4.69) is 0 Å². The van der Waals surface area contributed by atoms with Crippen LogP contribution in [0.4, 0.5) is 5.69 Å². The Kier molecular flexibility index (Phi) is 6.18. The number of ether oxygens (including phenoxy) is 2. The fraction of sp³-hybridized carbons (Fsp3) is 0.185. The normalized spacial score (nSPS) is 17.5. The zero-order valence-electron chi connectivity index (χ0n) is 18.7. The Bertz CT molecular complexity index is 1200. The van der Waals surface area contributed by atoms with E-state index in [0.717, 1.165) is 0 Å². The summed E-state index contributed by atoms with van der Waals surface area (Å²) in [5, 5.41) is 11.3. The van der Waals surface area contributed by atoms with Crippen LogP contribution < -0.4 is 14.4 Å². The number of carbonyl (C=O) groups is 2. The monoisotopic (exact) mass is 443 g/mol. The van der Waals surface area contributed by atoms with Gasteiger partial charge in [0, 0.05) is 5.69 Å². The second-order valence-corrected chi connectivity index (χ2v) is 7.94. The number of nitrogens with zero attached hydrogens (tertiary/aromatic N) is 1. The summed E-state index contributed by atoms with van der Waals surface area (Å²) >= 11 is 0. The molecule has 0 saturated carbocycles. The minimum atomic E-state index is -0.814. The van der Waals surface area contributed by atoms with Crippen molar-refractivity contribution in [1.82, 2.24) is 0 Å². The molecular formula is C27H25NO5. The van der Waals surface area contributed by atoms with Gasteiger partial charge in [-0.1, -0.05) is 42.5 Å². The summed E-state index contributed by atoms with van der Waals surface area (Å²) in [6.07, 6.45) is 0.0105. The first-order chi connectivity index (χ1) is 15.9. The fourth-order valence-electron chi connectivity index (χ4n) is 3.99. The first-order valence-electron chi connectivity index (χ1n) is 10.7. The molecule has 1 saturated heterocycles. The van der Waals surface area contributed by atoms with E-state index in [1.165, 1.54) is 12.0 Å². The highest BCUT2D eigenvalue weighted by Gasteiger charge is 2.47. The number of Topliss-reactive ketones (excluding diaryl/α,β-unsaturated/α-hetero) is 1. The zero-order chi connectivity index (χ0) is 23.5. The van der Waals surface area contributed by atoms with Crippen LogP contribution in [0.5, 0.6) is 11.5 Å². The van der Waals surface area contributed by atoms with E-state index in [4.69, 9.17) is 9.47 Å². The van der Waals surface area contributed by atoms with Crippen LogP contribution in [0.2, 0.25) is 0 Å². The second-order valence-electron chi connectivity index (χ2n) is 7.94. The van der Waals surface area contributed by atoms with Crippen LogP contribution in [0.1, 0.15) is 31.0 Å². The first kappa shape index (κ1) is 22.1. The van der Waals surface area contributed by atoms with Crippen molar-refractivity contribution in [2.75, 3.05) is 12.0 Å². The smallest absolute Gasteiger partial charge is 0.300 e. The molecule has 6 nitrogen and oxygen atoms in total. The summed E-state index contributed by atoms with van der Waals surface area (Å²) in [7, 11) is 1.49. The van der Waals surface area contributed by atoms with E-state index in [0.29, 0.717) is 28.3 Å². The molecule has 1 amide bonds. The SMILES string of the molecule is COc1ccccc1/C(O)=C1/C(=O)C(=O)N(c2ccccc2)C1c1ccc(OC(C)C)cc1. The molecular weight excluding hydrogens is 418 g/mol. The zero-order valence-corrected chi connectivity index (χ0v) is 18.7. The van der Waals surface area contributed by atoms with Gasteiger partial charge in [0.2, 0.25) is 0 Å². The molecule has 0 bridgehead atoms. The topological polar surface area (TPSA) is 76.1 Å². The number of para-hydroxylation sites is 2. The Morgan fingerprint density at radius 2 is 1.55 bits per heavy atom. The Labute approximate surface area is 192 Å². The lowest BCUT2D eigenvalue weighted by Crippen LogP contribution is -2.29. The van der Waals surface area contributed by atoms with Crippen LogP contribution in [-0.2, 0) is 9.59 Å². The number of amides is 1. The molecule has 6 heteroatoms. The number of carbonyl (C=O) groups excluding carboxylic acids is 2. The predicted molar refractivity (Wildman–Crippen MR) is 126 cm³/mol. The van der Waals surface area contributed by atoms with Crippen molar-refractivity contribution in [2.45, 2.75) is 26.0 Å². The third-order valence-corrected chi connectivity index (χ3v) is 5.41. The summed E-state index contributed by atoms with van der Waals surface area (Å²) in [6, 6.07) is 22.2. The third-order valence-electron chi connectivity index (χ3n) is 5.41. The molecule has 33 heavy (non-hydrogen) atoms. The molecule has 3 aromatic rings. The van der Waals surface area contributed by atoms with Gasteiger partial charge >= 0.3 is 0 Å². The number of methoxy groups -OCH3 is 1. The molecule has 1 atom stereocenters. The van der Waals surface area contributed by atoms with Gasteiger partial charge in [0.1, 0.15) is 17.3 Å². The van der Waals surface area contributed by atoms with Gasteiger partial charge in [0.05, 0.1) is 30.4 Å². The summed E-state index contributed by atoms with van der Waals surface area (Å²) in [4.78, 5) is 27.8. The molecule has 1 fully saturated rings. The maximum atomic E-state index is 13.2. The molecule has 0 radical (unpaired) electrons. The van der Waals surface area contributed by atoms with Gasteiger partial charge in [-0.3, -0.25) is 14.5 Å². The van der Waals surface area contributed by atoms with E-state index in [1.54, 1.807) is 72.8 Å². The van der Waals surface area contributed by atoms with E-state index < -0.39 is 17.7 Å². The summed E-state index contributed by atoms with van der Waals surface area (Å²) < 4.78 is 11.1. The van der Waals surface area contributed by atoms with E-state index in [1.807, 2.05) is 19.9 Å². The van der Waals surface area contributed by atoms with Crippen LogP contribution >= 0.6 is 0 Å². The minimum Gasteiger partial charge on any atom is -0.507 e. The minimum absolute atomic E-state index is 0.00545. The Hall–Kier alpha value is -4.06. The molecule has 1 heterocycles. The number of hydrogen-bond donors (Lipinski definition) is 1. The quantitative estimate of drug-likeness (QED) is 0.326. The maximum absolute atomic E-state index is 13.2. The molecule has 1 N–H and O–H groups in total. The van der Waals surface area contributed by atoms with Gasteiger partial charge in [-0.25, -0.2) is 0 Å². The number of anilines is 1. The van der Waals surface area contributed by atoms with E-state index in [9.17, 15) is 14.7 Å². The molecule has 1 unspecified atom stereocenters. The largest absolute Gasteiger partial charge is 0.507 e. The summed E-state index contributed by atoms with van der Waals surface area (Å²) in [6.45, 7) is 3.87. The van der Waals surface area contributed by atoms with Gasteiger partial charge in [-0.2, -0.15) is 0 Å². The van der Waals surface area contributed by atoms with Crippen molar-refractivity contribution < 1.29 is 24.2 Å². The van der Waals surface area contributed by atoms with Crippen molar-refractivity contribution in [3.63, 3.8) is 0 Å². The van der Waals surface area contributed by atoms with Crippen LogP contribution in [0.25, 0.3) is 5.76 Å². The number of benzene rings is 3. The fourth-order valence-corrected chi connectivity index (χ4v) is 3.99. The molecule has 0 aromatic heterocycles. The highest BCUT2D eigenvalue weighted by molar-refractivity contribution is 6.51. The first-order valence-corrected chi connectivity index (χ1v) is 10.7. The second kappa shape index (κ2) is 9.20. The van der Waals surface area contributed by atoms with Crippen LogP contribution in [-0.4, -0.2) is 30.0 Å². The third kappa shape index (κ3) is 4.20. The Balaban J connectivity index is 1.91. The molecule has 3 aromatic carbocycles. The van der Waals surface area contributed by atoms with Crippen LogP contribution in [0.3, 0.4) is 0 Å². The standard InChI is InChI=1S/C27H25NO5/c1-17(2)33-20-15-13-18(14-16-20)24-23(25(29)21-11-7-8-12-22(21)32-3)26(30)27(31)28(24)19-9-5-4-6-10-19/h4-17,24,29H,1-3H3/b25-23-. The van der Waals surface area contributed by atoms with Crippen molar-refractivity contribution in [3.8, 4) is 11.5 Å². The van der Waals surface area contributed by atoms with Crippen LogP contribution in [0.15, 0.2) is 84.4 Å². The van der Waals surface area contributed by atoms with Gasteiger partial charge in [-0.15, -0.1) is 0 Å². The van der Waals surface area contributed by atoms with Gasteiger partial charge in [-0.05, 0) is 55.8 Å². The number of aliphatic hydroxyl groups is 1. The summed E-state index contributed by atoms with van der Waals surface area (Å²) in [5.41, 5.74) is 1.58. The molecule has 0 aliphatic carbocycles.